The van der Waals surface area contributed by atoms with Crippen LogP contribution in [0.3, 0.4) is 0 Å². The van der Waals surface area contributed by atoms with Crippen molar-refractivity contribution in [3.05, 3.63) is 29.3 Å². The molecule has 1 aromatic carbocycles. The fourth-order valence-electron chi connectivity index (χ4n) is 3.50. The summed E-state index contributed by atoms with van der Waals surface area (Å²) in [6.07, 6.45) is 2.67. The number of nitrogens with zero attached hydrogens (tertiary/aromatic N) is 2. The van der Waals surface area contributed by atoms with Gasteiger partial charge >= 0.3 is 0 Å². The molecule has 0 radical (unpaired) electrons. The molecule has 136 valence electrons. The maximum absolute atomic E-state index is 12.8. The van der Waals surface area contributed by atoms with Crippen molar-refractivity contribution >= 4 is 17.5 Å². The summed E-state index contributed by atoms with van der Waals surface area (Å²) in [6.45, 7) is 4.88. The number of amides is 2. The van der Waals surface area contributed by atoms with Gasteiger partial charge in [0.05, 0.1) is 12.0 Å². The van der Waals surface area contributed by atoms with Crippen LogP contribution in [-0.2, 0) is 9.59 Å². The summed E-state index contributed by atoms with van der Waals surface area (Å²) in [7, 11) is 1.75. The molecule has 5 heteroatoms. The summed E-state index contributed by atoms with van der Waals surface area (Å²) < 4.78 is 0. The van der Waals surface area contributed by atoms with Crippen LogP contribution in [0.15, 0.2) is 18.2 Å². The van der Waals surface area contributed by atoms with Crippen molar-refractivity contribution < 1.29 is 14.7 Å². The van der Waals surface area contributed by atoms with Gasteiger partial charge in [0.25, 0.3) is 0 Å². The number of anilines is 1. The predicted octanol–water partition coefficient (Wildman–Crippen LogP) is 2.28. The first-order valence-electron chi connectivity index (χ1n) is 9.17. The van der Waals surface area contributed by atoms with Gasteiger partial charge < -0.3 is 14.9 Å². The Kier molecular flexibility index (Phi) is 5.13. The van der Waals surface area contributed by atoms with Crippen LogP contribution in [0, 0.1) is 25.7 Å². The molecule has 2 fully saturated rings. The van der Waals surface area contributed by atoms with E-state index < -0.39 is 6.10 Å². The molecule has 0 bridgehead atoms. The molecule has 2 unspecified atom stereocenters. The smallest absolute Gasteiger partial charge is 0.227 e. The van der Waals surface area contributed by atoms with Gasteiger partial charge in [-0.3, -0.25) is 9.59 Å². The van der Waals surface area contributed by atoms with E-state index in [1.54, 1.807) is 16.8 Å². The Morgan fingerprint density at radius 3 is 2.64 bits per heavy atom. The molecule has 3 rings (SSSR count). The summed E-state index contributed by atoms with van der Waals surface area (Å²) in [6, 6.07) is 5.98. The number of carbonyl (C=O) groups excluding carboxylic acids is 2. The summed E-state index contributed by atoms with van der Waals surface area (Å²) >= 11 is 0. The van der Waals surface area contributed by atoms with Crippen molar-refractivity contribution in [1.82, 2.24) is 4.90 Å². The molecule has 2 amide bonds. The van der Waals surface area contributed by atoms with Crippen LogP contribution >= 0.6 is 0 Å². The standard InChI is InChI=1S/C20H28N2O3/c1-13-4-8-17(10-14(13)2)22-11-16(7-9-19(22)24)20(25)21(3)12-18(23)15-5-6-15/h4,8,10,15-16,18,23H,5-7,9,11-12H2,1-3H3. The number of aryl methyl sites for hydroxylation is 2. The van der Waals surface area contributed by atoms with E-state index in [0.29, 0.717) is 31.8 Å². The van der Waals surface area contributed by atoms with Crippen molar-refractivity contribution in [2.24, 2.45) is 11.8 Å². The molecular weight excluding hydrogens is 316 g/mol. The molecule has 1 saturated heterocycles. The lowest BCUT2D eigenvalue weighted by Crippen LogP contribution is -2.47. The summed E-state index contributed by atoms with van der Waals surface area (Å²) in [5.74, 6) is 0.264. The number of carbonyl (C=O) groups is 2. The predicted molar refractivity (Wildman–Crippen MR) is 97.4 cm³/mol. The Labute approximate surface area is 149 Å². The fourth-order valence-corrected chi connectivity index (χ4v) is 3.50. The van der Waals surface area contributed by atoms with Crippen molar-refractivity contribution in [1.29, 1.82) is 0 Å². The number of benzene rings is 1. The maximum Gasteiger partial charge on any atom is 0.227 e. The second-order valence-corrected chi connectivity index (χ2v) is 7.63. The van der Waals surface area contributed by atoms with Gasteiger partial charge in [0.1, 0.15) is 0 Å². The molecular formula is C20H28N2O3. The first kappa shape index (κ1) is 17.9. The first-order valence-corrected chi connectivity index (χ1v) is 9.17. The zero-order valence-corrected chi connectivity index (χ0v) is 15.4. The summed E-state index contributed by atoms with van der Waals surface area (Å²) in [4.78, 5) is 28.5. The lowest BCUT2D eigenvalue weighted by molar-refractivity contribution is -0.136. The Balaban J connectivity index is 1.67. The Morgan fingerprint density at radius 2 is 2.00 bits per heavy atom. The minimum Gasteiger partial charge on any atom is -0.391 e. The van der Waals surface area contributed by atoms with E-state index in [9.17, 15) is 14.7 Å². The number of aliphatic hydroxyl groups excluding tert-OH is 1. The van der Waals surface area contributed by atoms with E-state index in [1.165, 1.54) is 5.56 Å². The first-order chi connectivity index (χ1) is 11.9. The van der Waals surface area contributed by atoms with E-state index in [4.69, 9.17) is 0 Å². The second kappa shape index (κ2) is 7.16. The lowest BCUT2D eigenvalue weighted by atomic mass is 9.95. The van der Waals surface area contributed by atoms with E-state index in [1.807, 2.05) is 32.0 Å². The molecule has 1 saturated carbocycles. The van der Waals surface area contributed by atoms with Crippen LogP contribution in [0.1, 0.15) is 36.8 Å². The molecule has 1 aromatic rings. The Morgan fingerprint density at radius 1 is 1.28 bits per heavy atom. The van der Waals surface area contributed by atoms with Crippen LogP contribution in [0.4, 0.5) is 5.69 Å². The van der Waals surface area contributed by atoms with Gasteiger partial charge in [-0.2, -0.15) is 0 Å². The van der Waals surface area contributed by atoms with Gasteiger partial charge in [-0.25, -0.2) is 0 Å². The molecule has 0 spiro atoms. The van der Waals surface area contributed by atoms with Gasteiger partial charge in [-0.15, -0.1) is 0 Å². The van der Waals surface area contributed by atoms with Crippen LogP contribution in [0.5, 0.6) is 0 Å². The van der Waals surface area contributed by atoms with Crippen LogP contribution in [0.2, 0.25) is 0 Å². The molecule has 5 nitrogen and oxygen atoms in total. The highest BCUT2D eigenvalue weighted by Gasteiger charge is 2.35. The van der Waals surface area contributed by atoms with E-state index in [0.717, 1.165) is 24.1 Å². The zero-order chi connectivity index (χ0) is 18.1. The molecule has 2 atom stereocenters. The zero-order valence-electron chi connectivity index (χ0n) is 15.4. The average molecular weight is 344 g/mol. The van der Waals surface area contributed by atoms with Crippen molar-refractivity contribution in [3.8, 4) is 0 Å². The fraction of sp³-hybridized carbons (Fsp3) is 0.600. The molecule has 2 aliphatic rings. The number of piperidine rings is 1. The number of aliphatic hydroxyl groups is 1. The summed E-state index contributed by atoms with van der Waals surface area (Å²) in [5, 5.41) is 10.1. The third-order valence-electron chi connectivity index (χ3n) is 5.57. The number of hydrogen-bond acceptors (Lipinski definition) is 3. The SMILES string of the molecule is Cc1ccc(N2CC(C(=O)N(C)CC(O)C3CC3)CCC2=O)cc1C. The quantitative estimate of drug-likeness (QED) is 0.891. The highest BCUT2D eigenvalue weighted by atomic mass is 16.3. The van der Waals surface area contributed by atoms with E-state index in [-0.39, 0.29) is 17.7 Å². The summed E-state index contributed by atoms with van der Waals surface area (Å²) in [5.41, 5.74) is 3.20. The van der Waals surface area contributed by atoms with Crippen LogP contribution in [0.25, 0.3) is 0 Å². The monoisotopic (exact) mass is 344 g/mol. The van der Waals surface area contributed by atoms with Crippen molar-refractivity contribution in [2.45, 2.75) is 45.6 Å². The van der Waals surface area contributed by atoms with Gasteiger partial charge in [0, 0.05) is 32.2 Å². The number of rotatable bonds is 5. The number of hydrogen-bond donors (Lipinski definition) is 1. The average Bonchev–Trinajstić information content (AvgIpc) is 3.42. The normalized spacial score (nSPS) is 22.0. The van der Waals surface area contributed by atoms with E-state index >= 15 is 0 Å². The highest BCUT2D eigenvalue weighted by molar-refractivity contribution is 5.96. The van der Waals surface area contributed by atoms with E-state index in [2.05, 4.69) is 0 Å². The topological polar surface area (TPSA) is 60.9 Å². The minimum absolute atomic E-state index is 0.0287. The number of likely N-dealkylation sites (N-methyl/N-ethyl adjacent to an activating group) is 1. The van der Waals surface area contributed by atoms with Gasteiger partial charge in [0.15, 0.2) is 0 Å². The van der Waals surface area contributed by atoms with Crippen LogP contribution < -0.4 is 4.90 Å². The van der Waals surface area contributed by atoms with Crippen molar-refractivity contribution in [3.63, 3.8) is 0 Å². The van der Waals surface area contributed by atoms with Gasteiger partial charge in [-0.05, 0) is 62.3 Å². The van der Waals surface area contributed by atoms with Crippen molar-refractivity contribution in [2.75, 3.05) is 25.0 Å². The molecule has 1 aliphatic carbocycles. The molecule has 25 heavy (non-hydrogen) atoms. The van der Waals surface area contributed by atoms with Crippen LogP contribution in [-0.4, -0.2) is 48.1 Å². The maximum atomic E-state index is 12.8. The third-order valence-corrected chi connectivity index (χ3v) is 5.57. The van der Waals surface area contributed by atoms with Gasteiger partial charge in [0.2, 0.25) is 11.8 Å². The highest BCUT2D eigenvalue weighted by Crippen LogP contribution is 2.33. The third kappa shape index (κ3) is 4.03. The van der Waals surface area contributed by atoms with Gasteiger partial charge in [-0.1, -0.05) is 6.07 Å². The molecule has 1 aliphatic heterocycles. The molecule has 1 heterocycles. The lowest BCUT2D eigenvalue weighted by Gasteiger charge is -2.34. The Bertz CT molecular complexity index is 669. The molecule has 1 N–H and O–H groups in total. The molecule has 0 aromatic heterocycles. The minimum atomic E-state index is -0.421. The largest absolute Gasteiger partial charge is 0.391 e. The Hall–Kier alpha value is -1.88. The second-order valence-electron chi connectivity index (χ2n) is 7.63.